The van der Waals surface area contributed by atoms with Crippen LogP contribution in [0.2, 0.25) is 0 Å². The number of hydrogen-bond acceptors (Lipinski definition) is 10. The largest absolute Gasteiger partial charge is 0.469 e. The quantitative estimate of drug-likeness (QED) is 0.197. The van der Waals surface area contributed by atoms with E-state index in [4.69, 9.17) is 20.6 Å². The van der Waals surface area contributed by atoms with E-state index in [0.717, 1.165) is 17.4 Å². The maximum Gasteiger partial charge on any atom is 0.353 e. The molecule has 1 aromatic carbocycles. The summed E-state index contributed by atoms with van der Waals surface area (Å²) in [7, 11) is 2.45. The second kappa shape index (κ2) is 12.0. The number of carbonyl (C=O) groups excluding carboxylic acids is 4. The van der Waals surface area contributed by atoms with Gasteiger partial charge in [-0.3, -0.25) is 19.8 Å². The van der Waals surface area contributed by atoms with Crippen molar-refractivity contribution in [2.45, 2.75) is 31.7 Å². The van der Waals surface area contributed by atoms with Gasteiger partial charge in [0.05, 0.1) is 25.6 Å². The van der Waals surface area contributed by atoms with Crippen molar-refractivity contribution < 1.29 is 37.8 Å². The molecule has 2 aromatic rings. The number of nitrogens with one attached hydrogen (secondary N) is 1. The second-order valence-electron chi connectivity index (χ2n) is 8.74. The summed E-state index contributed by atoms with van der Waals surface area (Å²) in [6, 6.07) is 6.80. The number of nitrogen functional groups attached to an aromatic ring is 1. The highest BCUT2D eigenvalue weighted by Crippen LogP contribution is 2.39. The molecule has 2 heterocycles. The first-order valence-corrected chi connectivity index (χ1v) is 12.5. The summed E-state index contributed by atoms with van der Waals surface area (Å²) in [6.07, 6.45) is 1.07. The van der Waals surface area contributed by atoms with Gasteiger partial charge in [0, 0.05) is 18.7 Å². The molecule has 0 radical (unpaired) electrons. The molecule has 11 nitrogen and oxygen atoms in total. The number of esters is 3. The van der Waals surface area contributed by atoms with Crippen molar-refractivity contribution in [3.05, 3.63) is 46.6 Å². The molecule has 3 N–H and O–H groups in total. The smallest absolute Gasteiger partial charge is 0.353 e. The Morgan fingerprint density at radius 1 is 1.16 bits per heavy atom. The number of benzene rings is 1. The first-order valence-electron chi connectivity index (χ1n) is 11.7. The van der Waals surface area contributed by atoms with Gasteiger partial charge in [0.15, 0.2) is 11.6 Å². The SMILES string of the molecule is COC(=O)CCN(CC(=O)OC)C(=O)[C@@]1(C)CCCN1c1ccc(C(=O)Oc2ccc(C(=N)N)cc2F)s1. The number of thiophene rings is 1. The van der Waals surface area contributed by atoms with Gasteiger partial charge in [0.1, 0.15) is 22.8 Å². The molecule has 1 saturated heterocycles. The monoisotopic (exact) mass is 548 g/mol. The van der Waals surface area contributed by atoms with E-state index in [1.54, 1.807) is 13.0 Å². The molecule has 1 aliphatic rings. The lowest BCUT2D eigenvalue weighted by Crippen LogP contribution is -2.56. The van der Waals surface area contributed by atoms with Gasteiger partial charge in [-0.2, -0.15) is 0 Å². The number of halogens is 1. The molecule has 1 atom stereocenters. The fraction of sp³-hybridized carbons (Fsp3) is 0.400. The second-order valence-corrected chi connectivity index (χ2v) is 9.81. The van der Waals surface area contributed by atoms with Crippen LogP contribution in [-0.2, 0) is 23.9 Å². The first-order chi connectivity index (χ1) is 18.0. The lowest BCUT2D eigenvalue weighted by molar-refractivity contribution is -0.150. The Bertz CT molecular complexity index is 1250. The lowest BCUT2D eigenvalue weighted by Gasteiger charge is -2.38. The van der Waals surface area contributed by atoms with Gasteiger partial charge in [-0.05, 0) is 50.1 Å². The number of amides is 1. The van der Waals surface area contributed by atoms with E-state index >= 15 is 0 Å². The number of carbonyl (C=O) groups is 4. The van der Waals surface area contributed by atoms with Gasteiger partial charge < -0.3 is 29.7 Å². The minimum atomic E-state index is -1.05. The maximum absolute atomic E-state index is 14.3. The van der Waals surface area contributed by atoms with Crippen molar-refractivity contribution in [1.29, 1.82) is 5.41 Å². The molecule has 0 unspecified atom stereocenters. The predicted octanol–water partition coefficient (Wildman–Crippen LogP) is 2.31. The zero-order valence-corrected chi connectivity index (χ0v) is 22.1. The summed E-state index contributed by atoms with van der Waals surface area (Å²) in [5.74, 6) is -3.75. The van der Waals surface area contributed by atoms with Crippen LogP contribution in [0.25, 0.3) is 0 Å². The fourth-order valence-electron chi connectivity index (χ4n) is 4.16. The summed E-state index contributed by atoms with van der Waals surface area (Å²) in [6.45, 7) is 1.90. The third-order valence-electron chi connectivity index (χ3n) is 6.25. The summed E-state index contributed by atoms with van der Waals surface area (Å²) >= 11 is 1.08. The van der Waals surface area contributed by atoms with Crippen LogP contribution in [0.1, 0.15) is 41.4 Å². The first kappa shape index (κ1) is 28.6. The molecule has 0 bridgehead atoms. The van der Waals surface area contributed by atoms with E-state index in [-0.39, 0.29) is 47.4 Å². The van der Waals surface area contributed by atoms with Crippen molar-refractivity contribution in [3.8, 4) is 5.75 Å². The van der Waals surface area contributed by atoms with Crippen LogP contribution in [0, 0.1) is 11.2 Å². The molecule has 204 valence electrons. The van der Waals surface area contributed by atoms with E-state index in [1.807, 2.05) is 4.90 Å². The van der Waals surface area contributed by atoms with Crippen molar-refractivity contribution >= 4 is 46.0 Å². The zero-order chi connectivity index (χ0) is 28.0. The van der Waals surface area contributed by atoms with Gasteiger partial charge in [-0.1, -0.05) is 0 Å². The number of nitrogens with zero attached hydrogens (tertiary/aromatic N) is 2. The average molecular weight is 549 g/mol. The number of methoxy groups -OCH3 is 2. The summed E-state index contributed by atoms with van der Waals surface area (Å²) in [5, 5.41) is 7.99. The van der Waals surface area contributed by atoms with Gasteiger partial charge in [-0.15, -0.1) is 11.3 Å². The van der Waals surface area contributed by atoms with Crippen molar-refractivity contribution in [3.63, 3.8) is 0 Å². The predicted molar refractivity (Wildman–Crippen MR) is 137 cm³/mol. The Kier molecular flexibility index (Phi) is 9.04. The number of nitrogens with two attached hydrogens (primary N) is 1. The van der Waals surface area contributed by atoms with Crippen LogP contribution in [0.4, 0.5) is 9.39 Å². The van der Waals surface area contributed by atoms with Crippen LogP contribution in [0.5, 0.6) is 5.75 Å². The molecule has 1 amide bonds. The van der Waals surface area contributed by atoms with E-state index in [9.17, 15) is 23.6 Å². The van der Waals surface area contributed by atoms with Gasteiger partial charge >= 0.3 is 17.9 Å². The van der Waals surface area contributed by atoms with Crippen LogP contribution in [0.3, 0.4) is 0 Å². The number of anilines is 1. The molecule has 1 aliphatic heterocycles. The van der Waals surface area contributed by atoms with E-state index in [1.165, 1.54) is 37.3 Å². The summed E-state index contributed by atoms with van der Waals surface area (Å²) < 4.78 is 28.9. The third-order valence-corrected chi connectivity index (χ3v) is 7.34. The minimum absolute atomic E-state index is 0.0277. The van der Waals surface area contributed by atoms with E-state index < -0.39 is 29.3 Å². The van der Waals surface area contributed by atoms with Crippen molar-refractivity contribution in [2.24, 2.45) is 5.73 Å². The Morgan fingerprint density at radius 3 is 2.50 bits per heavy atom. The van der Waals surface area contributed by atoms with E-state index in [2.05, 4.69) is 4.74 Å². The zero-order valence-electron chi connectivity index (χ0n) is 21.2. The molecule has 1 aromatic heterocycles. The molecule has 13 heteroatoms. The molecule has 0 saturated carbocycles. The topological polar surface area (TPSA) is 152 Å². The van der Waals surface area contributed by atoms with E-state index in [0.29, 0.717) is 24.4 Å². The van der Waals surface area contributed by atoms with Crippen LogP contribution in [0.15, 0.2) is 30.3 Å². The Hall–Kier alpha value is -4.00. The summed E-state index contributed by atoms with van der Waals surface area (Å²) in [4.78, 5) is 53.4. The maximum atomic E-state index is 14.3. The molecular weight excluding hydrogens is 519 g/mol. The number of hydrogen-bond donors (Lipinski definition) is 2. The Labute approximate surface area is 222 Å². The molecular formula is C25H29FN4O7S. The molecule has 0 aliphatic carbocycles. The van der Waals surface area contributed by atoms with Gasteiger partial charge in [-0.25, -0.2) is 9.18 Å². The Balaban J connectivity index is 1.79. The van der Waals surface area contributed by atoms with Crippen molar-refractivity contribution in [1.82, 2.24) is 4.90 Å². The fourth-order valence-corrected chi connectivity index (χ4v) is 5.19. The average Bonchev–Trinajstić information content (AvgIpc) is 3.54. The molecule has 38 heavy (non-hydrogen) atoms. The number of amidine groups is 1. The molecule has 1 fully saturated rings. The van der Waals surface area contributed by atoms with Gasteiger partial charge in [0.2, 0.25) is 5.91 Å². The highest BCUT2D eigenvalue weighted by molar-refractivity contribution is 7.17. The van der Waals surface area contributed by atoms with Crippen molar-refractivity contribution in [2.75, 3.05) is 38.8 Å². The number of rotatable bonds is 10. The van der Waals surface area contributed by atoms with Gasteiger partial charge in [0.25, 0.3) is 0 Å². The standard InChI is InChI=1S/C25H29FN4O7S/c1-25(24(34)29(14-21(32)36-3)12-9-20(31)35-2)10-4-11-30(25)19-8-7-18(38-19)23(33)37-17-6-5-15(22(27)28)13-16(17)26/h5-8,13H,4,9-12,14H2,1-3H3,(H3,27,28)/t25-/m1/s1. The molecule has 3 rings (SSSR count). The van der Waals surface area contributed by atoms with Crippen LogP contribution >= 0.6 is 11.3 Å². The molecule has 0 spiro atoms. The normalized spacial score (nSPS) is 16.6. The van der Waals surface area contributed by atoms with Crippen LogP contribution < -0.4 is 15.4 Å². The highest BCUT2D eigenvalue weighted by atomic mass is 32.1. The minimum Gasteiger partial charge on any atom is -0.469 e. The highest BCUT2D eigenvalue weighted by Gasteiger charge is 2.46. The van der Waals surface area contributed by atoms with Crippen LogP contribution in [-0.4, -0.2) is 73.9 Å². The number of ether oxygens (including phenoxy) is 3. The summed E-state index contributed by atoms with van der Waals surface area (Å²) in [5.41, 5.74) is 4.46. The lowest BCUT2D eigenvalue weighted by atomic mass is 9.96. The third kappa shape index (κ3) is 6.28. The Morgan fingerprint density at radius 2 is 1.87 bits per heavy atom.